The van der Waals surface area contributed by atoms with E-state index in [2.05, 4.69) is 17.1 Å². The molecule has 1 saturated carbocycles. The second-order valence-corrected chi connectivity index (χ2v) is 9.99. The number of Topliss-reactive ketones (excluding diaryl/α,β-unsaturated/α-hetero) is 1. The molecule has 2 aromatic carbocycles. The minimum Gasteiger partial charge on any atom is -0.454 e. The first-order valence-electron chi connectivity index (χ1n) is 12.0. The van der Waals surface area contributed by atoms with Crippen molar-refractivity contribution in [2.75, 3.05) is 6.79 Å². The average molecular weight is 443 g/mol. The van der Waals surface area contributed by atoms with Crippen LogP contribution in [0.1, 0.15) is 61.4 Å². The summed E-state index contributed by atoms with van der Waals surface area (Å²) in [6, 6.07) is 13.3. The van der Waals surface area contributed by atoms with Crippen LogP contribution >= 0.6 is 0 Å². The number of carbonyl (C=O) groups excluding carboxylic acids is 2. The summed E-state index contributed by atoms with van der Waals surface area (Å²) in [6.07, 6.45) is 5.76. The van der Waals surface area contributed by atoms with Gasteiger partial charge in [-0.15, -0.1) is 0 Å². The van der Waals surface area contributed by atoms with Crippen molar-refractivity contribution in [2.24, 2.45) is 5.41 Å². The lowest BCUT2D eigenvalue weighted by atomic mass is 9.65. The van der Waals surface area contributed by atoms with Crippen LogP contribution < -0.4 is 9.47 Å². The summed E-state index contributed by atoms with van der Waals surface area (Å²) in [5, 5.41) is 1.14. The fourth-order valence-electron chi connectivity index (χ4n) is 6.64. The Hall–Kier alpha value is -3.28. The Balaban J connectivity index is 1.44. The van der Waals surface area contributed by atoms with E-state index in [1.165, 1.54) is 0 Å². The number of rotatable bonds is 1. The highest BCUT2D eigenvalue weighted by Gasteiger charge is 2.55. The minimum atomic E-state index is -0.538. The lowest BCUT2D eigenvalue weighted by Gasteiger charge is -2.51. The van der Waals surface area contributed by atoms with Crippen molar-refractivity contribution in [1.82, 2.24) is 9.88 Å². The van der Waals surface area contributed by atoms with Crippen molar-refractivity contribution in [3.8, 4) is 11.5 Å². The zero-order valence-electron chi connectivity index (χ0n) is 18.4. The average Bonchev–Trinajstić information content (AvgIpc) is 3.46. The molecule has 1 spiro atoms. The van der Waals surface area contributed by atoms with Crippen molar-refractivity contribution in [1.29, 1.82) is 0 Å². The lowest BCUT2D eigenvalue weighted by molar-refractivity contribution is -0.163. The number of piperidine rings is 1. The molecule has 6 heteroatoms. The van der Waals surface area contributed by atoms with Gasteiger partial charge in [-0.2, -0.15) is 0 Å². The molecule has 2 atom stereocenters. The SMILES string of the molecule is O=C1CC2(CCCCC2)C(=O)N2C1Cc1c([nH]c3ccccc13)[C@H]2c1ccc2c(c1)OCO2. The largest absolute Gasteiger partial charge is 0.454 e. The molecule has 0 bridgehead atoms. The number of hydrogen-bond donors (Lipinski definition) is 1. The van der Waals surface area contributed by atoms with Gasteiger partial charge in [0.05, 0.1) is 17.5 Å². The third-order valence-corrected chi connectivity index (χ3v) is 8.23. The van der Waals surface area contributed by atoms with Gasteiger partial charge in [-0.3, -0.25) is 9.59 Å². The number of nitrogens with zero attached hydrogens (tertiary/aromatic N) is 1. The molecule has 1 unspecified atom stereocenters. The number of nitrogens with one attached hydrogen (secondary N) is 1. The fourth-order valence-corrected chi connectivity index (χ4v) is 6.64. The van der Waals surface area contributed by atoms with E-state index in [0.29, 0.717) is 24.3 Å². The summed E-state index contributed by atoms with van der Waals surface area (Å²) >= 11 is 0. The molecular weight excluding hydrogens is 416 g/mol. The van der Waals surface area contributed by atoms with E-state index >= 15 is 0 Å². The second kappa shape index (κ2) is 6.86. The van der Waals surface area contributed by atoms with Crippen molar-refractivity contribution >= 4 is 22.6 Å². The van der Waals surface area contributed by atoms with Crippen molar-refractivity contribution in [2.45, 2.75) is 57.0 Å². The maximum atomic E-state index is 14.2. The van der Waals surface area contributed by atoms with Gasteiger partial charge < -0.3 is 19.4 Å². The highest BCUT2D eigenvalue weighted by molar-refractivity contribution is 6.01. The van der Waals surface area contributed by atoms with Gasteiger partial charge in [0.25, 0.3) is 0 Å². The number of fused-ring (bicyclic) bond motifs is 5. The molecule has 168 valence electrons. The van der Waals surface area contributed by atoms with Gasteiger partial charge >= 0.3 is 0 Å². The van der Waals surface area contributed by atoms with Crippen LogP contribution in [-0.4, -0.2) is 34.4 Å². The molecule has 3 aliphatic heterocycles. The summed E-state index contributed by atoms with van der Waals surface area (Å²) in [5.74, 6) is 1.76. The van der Waals surface area contributed by atoms with Crippen molar-refractivity contribution in [3.63, 3.8) is 0 Å². The van der Waals surface area contributed by atoms with Crippen molar-refractivity contribution < 1.29 is 19.1 Å². The Morgan fingerprint density at radius 1 is 0.970 bits per heavy atom. The zero-order valence-corrected chi connectivity index (χ0v) is 18.4. The number of hydrogen-bond acceptors (Lipinski definition) is 4. The Kier molecular flexibility index (Phi) is 3.99. The molecule has 2 fully saturated rings. The van der Waals surface area contributed by atoms with Gasteiger partial charge in [0.15, 0.2) is 17.3 Å². The number of benzene rings is 2. The normalized spacial score (nSPS) is 25.4. The van der Waals surface area contributed by atoms with E-state index in [0.717, 1.165) is 59.8 Å². The zero-order chi connectivity index (χ0) is 22.2. The van der Waals surface area contributed by atoms with Gasteiger partial charge in [-0.05, 0) is 42.2 Å². The topological polar surface area (TPSA) is 71.6 Å². The van der Waals surface area contributed by atoms with Crippen LogP contribution in [0.15, 0.2) is 42.5 Å². The maximum Gasteiger partial charge on any atom is 0.231 e. The number of para-hydroxylation sites is 1. The number of aromatic nitrogens is 1. The van der Waals surface area contributed by atoms with Crippen LogP contribution in [0.4, 0.5) is 0 Å². The van der Waals surface area contributed by atoms with E-state index < -0.39 is 11.5 Å². The first-order chi connectivity index (χ1) is 16.1. The number of carbonyl (C=O) groups is 2. The van der Waals surface area contributed by atoms with E-state index in [4.69, 9.17) is 9.47 Å². The molecule has 33 heavy (non-hydrogen) atoms. The molecule has 6 nitrogen and oxygen atoms in total. The smallest absolute Gasteiger partial charge is 0.231 e. The quantitative estimate of drug-likeness (QED) is 0.595. The predicted octanol–water partition coefficient (Wildman–Crippen LogP) is 4.66. The summed E-state index contributed by atoms with van der Waals surface area (Å²) in [4.78, 5) is 33.4. The molecular formula is C27H26N2O4. The third kappa shape index (κ3) is 2.66. The highest BCUT2D eigenvalue weighted by atomic mass is 16.7. The van der Waals surface area contributed by atoms with Gasteiger partial charge in [-0.1, -0.05) is 43.5 Å². The second-order valence-electron chi connectivity index (χ2n) is 9.99. The Morgan fingerprint density at radius 3 is 2.67 bits per heavy atom. The molecule has 3 aromatic rings. The number of amides is 1. The molecule has 0 radical (unpaired) electrons. The molecule has 1 aromatic heterocycles. The van der Waals surface area contributed by atoms with Crippen molar-refractivity contribution in [3.05, 3.63) is 59.3 Å². The van der Waals surface area contributed by atoms with Crippen LogP contribution in [0.5, 0.6) is 11.5 Å². The summed E-state index contributed by atoms with van der Waals surface area (Å²) in [7, 11) is 0. The molecule has 1 N–H and O–H groups in total. The number of aromatic amines is 1. The van der Waals surface area contributed by atoms with Crippen LogP contribution in [0.3, 0.4) is 0 Å². The Morgan fingerprint density at radius 2 is 1.79 bits per heavy atom. The number of H-pyrrole nitrogens is 1. The number of ether oxygens (including phenoxy) is 2. The maximum absolute atomic E-state index is 14.2. The predicted molar refractivity (Wildman–Crippen MR) is 122 cm³/mol. The monoisotopic (exact) mass is 442 g/mol. The van der Waals surface area contributed by atoms with E-state index in [-0.39, 0.29) is 24.5 Å². The van der Waals surface area contributed by atoms with E-state index in [1.54, 1.807) is 0 Å². The summed E-state index contributed by atoms with van der Waals surface area (Å²) in [5.41, 5.74) is 3.62. The van der Waals surface area contributed by atoms with Gasteiger partial charge in [0.2, 0.25) is 12.7 Å². The highest BCUT2D eigenvalue weighted by Crippen LogP contribution is 2.51. The first-order valence-corrected chi connectivity index (χ1v) is 12.0. The molecule has 1 amide bonds. The minimum absolute atomic E-state index is 0.152. The molecule has 1 aliphatic carbocycles. The number of ketones is 1. The van der Waals surface area contributed by atoms with Gasteiger partial charge in [-0.25, -0.2) is 0 Å². The van der Waals surface area contributed by atoms with Crippen LogP contribution in [0.25, 0.3) is 10.9 Å². The first kappa shape index (κ1) is 19.2. The standard InChI is InChI=1S/C27H26N2O4/c30-21-14-27(10-4-1-5-11-27)26(31)29-20(21)13-18-17-6-2-3-7-19(17)28-24(18)25(29)16-8-9-22-23(12-16)33-15-32-22/h2-3,6-9,12,20,25,28H,1,4-5,10-11,13-15H2/t20?,25-/m1/s1. The van der Waals surface area contributed by atoms with E-state index in [1.807, 2.05) is 35.2 Å². The van der Waals surface area contributed by atoms with Gasteiger partial charge in [0.1, 0.15) is 0 Å². The summed E-state index contributed by atoms with van der Waals surface area (Å²) in [6.45, 7) is 0.202. The van der Waals surface area contributed by atoms with E-state index in [9.17, 15) is 9.59 Å². The van der Waals surface area contributed by atoms with Crippen LogP contribution in [-0.2, 0) is 16.0 Å². The fraction of sp³-hybridized carbons (Fsp3) is 0.407. The van der Waals surface area contributed by atoms with Crippen LogP contribution in [0.2, 0.25) is 0 Å². The Labute approximate surface area is 191 Å². The summed E-state index contributed by atoms with van der Waals surface area (Å²) < 4.78 is 11.2. The van der Waals surface area contributed by atoms with Crippen LogP contribution in [0, 0.1) is 5.41 Å². The molecule has 7 rings (SSSR count). The Bertz CT molecular complexity index is 1300. The third-order valence-electron chi connectivity index (χ3n) is 8.23. The molecule has 4 aliphatic rings. The lowest BCUT2D eigenvalue weighted by Crippen LogP contribution is -2.61. The molecule has 1 saturated heterocycles. The van der Waals surface area contributed by atoms with Gasteiger partial charge in [0, 0.05) is 29.4 Å². The molecule has 4 heterocycles.